The predicted octanol–water partition coefficient (Wildman–Crippen LogP) is 0.896. The van der Waals surface area contributed by atoms with Crippen molar-refractivity contribution < 1.29 is 14.4 Å². The van der Waals surface area contributed by atoms with Gasteiger partial charge in [-0.05, 0) is 13.0 Å². The van der Waals surface area contributed by atoms with Crippen LogP contribution in [-0.4, -0.2) is 46.8 Å². The zero-order chi connectivity index (χ0) is 18.1. The molecular formula is C12H18N7O3PS2. The highest BCUT2D eigenvalue weighted by atomic mass is 32.1. The molecule has 136 valence electrons. The summed E-state index contributed by atoms with van der Waals surface area (Å²) in [6.07, 6.45) is 7.96. The first-order valence-electron chi connectivity index (χ1n) is 7.17. The smallest absolute Gasteiger partial charge is 0.314 e. The van der Waals surface area contributed by atoms with Crippen LogP contribution in [0.5, 0.6) is 0 Å². The van der Waals surface area contributed by atoms with E-state index in [-0.39, 0.29) is 0 Å². The lowest BCUT2D eigenvalue weighted by Crippen LogP contribution is -2.25. The molecule has 0 aliphatic heterocycles. The summed E-state index contributed by atoms with van der Waals surface area (Å²) in [4.78, 5) is 29.4. The summed E-state index contributed by atoms with van der Waals surface area (Å²) in [5.41, 5.74) is 5.63. The first kappa shape index (κ1) is 19.6. The molecule has 10 nitrogen and oxygen atoms in total. The third-order valence-corrected chi connectivity index (χ3v) is 4.38. The number of thiazole rings is 1. The van der Waals surface area contributed by atoms with Gasteiger partial charge in [0.2, 0.25) is 11.1 Å². The van der Waals surface area contributed by atoms with Crippen molar-refractivity contribution in [1.29, 1.82) is 0 Å². The summed E-state index contributed by atoms with van der Waals surface area (Å²) >= 11 is 3.02. The lowest BCUT2D eigenvalue weighted by molar-refractivity contribution is 0.405. The van der Waals surface area contributed by atoms with Gasteiger partial charge in [0, 0.05) is 42.0 Å². The number of anilines is 1. The molecule has 3 heterocycles. The molecule has 13 heteroatoms. The second-order valence-corrected chi connectivity index (χ2v) is 6.89. The Kier molecular flexibility index (Phi) is 8.12. The van der Waals surface area contributed by atoms with Crippen molar-refractivity contribution in [3.8, 4) is 5.95 Å². The van der Waals surface area contributed by atoms with Crippen LogP contribution < -0.4 is 10.6 Å². The van der Waals surface area contributed by atoms with Crippen molar-refractivity contribution in [2.75, 3.05) is 18.0 Å². The van der Waals surface area contributed by atoms with Crippen LogP contribution in [0.1, 0.15) is 11.4 Å². The Morgan fingerprint density at radius 2 is 2.16 bits per heavy atom. The predicted molar refractivity (Wildman–Crippen MR) is 97.3 cm³/mol. The molecule has 0 atom stereocenters. The van der Waals surface area contributed by atoms with Crippen LogP contribution in [0.25, 0.3) is 5.95 Å². The highest BCUT2D eigenvalue weighted by Gasteiger charge is 2.14. The van der Waals surface area contributed by atoms with Crippen LogP contribution in [-0.2, 0) is 11.1 Å². The second kappa shape index (κ2) is 10.3. The van der Waals surface area contributed by atoms with Crippen molar-refractivity contribution in [2.45, 2.75) is 13.0 Å². The van der Waals surface area contributed by atoms with Crippen molar-refractivity contribution in [3.05, 3.63) is 35.3 Å². The summed E-state index contributed by atoms with van der Waals surface area (Å²) in [6, 6.07) is 0. The minimum absolute atomic E-state index is 0.643. The lowest BCUT2D eigenvalue weighted by Gasteiger charge is -2.19. The SMILES string of the molecule is NCCCN(Cc1nccs1)c1nc(-n2ccnc2)ns1.O=[PH](O)O. The first-order chi connectivity index (χ1) is 12.1. The fourth-order valence-corrected chi connectivity index (χ4v) is 3.16. The zero-order valence-electron chi connectivity index (χ0n) is 13.1. The molecule has 0 aliphatic carbocycles. The summed E-state index contributed by atoms with van der Waals surface area (Å²) in [5.74, 6) is 0.643. The van der Waals surface area contributed by atoms with Crippen molar-refractivity contribution in [3.63, 3.8) is 0 Å². The van der Waals surface area contributed by atoms with Gasteiger partial charge in [-0.2, -0.15) is 9.36 Å². The van der Waals surface area contributed by atoms with Crippen LogP contribution >= 0.6 is 31.1 Å². The quantitative estimate of drug-likeness (QED) is 0.490. The lowest BCUT2D eigenvalue weighted by atomic mass is 10.4. The highest BCUT2D eigenvalue weighted by molar-refractivity contribution is 7.30. The van der Waals surface area contributed by atoms with Crippen molar-refractivity contribution in [1.82, 2.24) is 23.9 Å². The Morgan fingerprint density at radius 1 is 1.36 bits per heavy atom. The summed E-state index contributed by atoms with van der Waals surface area (Å²) in [7, 11) is -3.13. The molecule has 0 saturated heterocycles. The largest absolute Gasteiger partial charge is 0.340 e. The number of rotatable bonds is 7. The van der Waals surface area contributed by atoms with Crippen LogP contribution in [0, 0.1) is 0 Å². The van der Waals surface area contributed by atoms with Gasteiger partial charge in [0.1, 0.15) is 11.3 Å². The van der Waals surface area contributed by atoms with Gasteiger partial charge in [0.25, 0.3) is 0 Å². The van der Waals surface area contributed by atoms with Crippen LogP contribution in [0.2, 0.25) is 0 Å². The molecular weight excluding hydrogens is 385 g/mol. The molecule has 0 radical (unpaired) electrons. The Hall–Kier alpha value is -1.69. The Labute approximate surface area is 152 Å². The monoisotopic (exact) mass is 403 g/mol. The molecule has 3 rings (SSSR count). The summed E-state index contributed by atoms with van der Waals surface area (Å²) < 4.78 is 14.9. The molecule has 0 fully saturated rings. The third-order valence-electron chi connectivity index (χ3n) is 2.85. The third kappa shape index (κ3) is 6.61. The maximum Gasteiger partial charge on any atom is 0.314 e. The number of aromatic nitrogens is 5. The van der Waals surface area contributed by atoms with Crippen molar-refractivity contribution in [2.24, 2.45) is 5.73 Å². The average molecular weight is 403 g/mol. The maximum absolute atomic E-state index is 8.74. The van der Waals surface area contributed by atoms with Crippen LogP contribution in [0.4, 0.5) is 5.13 Å². The fourth-order valence-electron chi connectivity index (χ4n) is 1.84. The normalized spacial score (nSPS) is 10.6. The topological polar surface area (TPSA) is 143 Å². The standard InChI is InChI=1S/C12H15N7S2.H3O3P/c13-2-1-5-18(8-10-15-4-7-20-10)12-16-11(17-21-12)19-6-3-14-9-19;1-4(2)3/h3-4,6-7,9H,1-2,5,8,13H2;4H,(H2,1,2,3). The van der Waals surface area contributed by atoms with Gasteiger partial charge >= 0.3 is 8.25 Å². The second-order valence-electron chi connectivity index (χ2n) is 4.62. The van der Waals surface area contributed by atoms with E-state index in [1.807, 2.05) is 17.8 Å². The van der Waals surface area contributed by atoms with Gasteiger partial charge in [0.15, 0.2) is 0 Å². The van der Waals surface area contributed by atoms with Crippen LogP contribution in [0.15, 0.2) is 30.3 Å². The number of hydrogen-bond acceptors (Lipinski definition) is 9. The van der Waals surface area contributed by atoms with E-state index in [0.717, 1.165) is 29.6 Å². The number of imidazole rings is 1. The number of nitrogens with zero attached hydrogens (tertiary/aromatic N) is 6. The van der Waals surface area contributed by atoms with E-state index in [1.165, 1.54) is 11.5 Å². The molecule has 3 aromatic heterocycles. The maximum atomic E-state index is 8.74. The van der Waals surface area contributed by atoms with Gasteiger partial charge in [0.05, 0.1) is 6.54 Å². The molecule has 0 unspecified atom stereocenters. The van der Waals surface area contributed by atoms with Crippen LogP contribution in [0.3, 0.4) is 0 Å². The molecule has 0 aliphatic rings. The van der Waals surface area contributed by atoms with Gasteiger partial charge in [-0.25, -0.2) is 9.97 Å². The van der Waals surface area contributed by atoms with E-state index >= 15 is 0 Å². The van der Waals surface area contributed by atoms with Gasteiger partial charge in [-0.3, -0.25) is 9.13 Å². The molecule has 3 aromatic rings. The molecule has 0 spiro atoms. The Balaban J connectivity index is 0.000000511. The minimum Gasteiger partial charge on any atom is -0.340 e. The Morgan fingerprint density at radius 3 is 2.76 bits per heavy atom. The molecule has 0 aromatic carbocycles. The number of hydrogen-bond donors (Lipinski definition) is 3. The van der Waals surface area contributed by atoms with E-state index in [0.29, 0.717) is 12.5 Å². The molecule has 4 N–H and O–H groups in total. The van der Waals surface area contributed by atoms with E-state index in [2.05, 4.69) is 24.2 Å². The van der Waals surface area contributed by atoms with E-state index in [1.54, 1.807) is 28.4 Å². The molecule has 0 amide bonds. The van der Waals surface area contributed by atoms with Gasteiger partial charge in [-0.15, -0.1) is 11.3 Å². The average Bonchev–Trinajstić information content (AvgIpc) is 3.32. The fraction of sp³-hybridized carbons (Fsp3) is 0.333. The summed E-state index contributed by atoms with van der Waals surface area (Å²) in [6.45, 7) is 2.23. The van der Waals surface area contributed by atoms with E-state index < -0.39 is 8.25 Å². The molecule has 0 saturated carbocycles. The summed E-state index contributed by atoms with van der Waals surface area (Å²) in [5, 5.41) is 3.92. The van der Waals surface area contributed by atoms with Gasteiger partial charge in [-0.1, -0.05) is 0 Å². The highest BCUT2D eigenvalue weighted by Crippen LogP contribution is 2.22. The molecule has 25 heavy (non-hydrogen) atoms. The van der Waals surface area contributed by atoms with Gasteiger partial charge < -0.3 is 20.4 Å². The zero-order valence-corrected chi connectivity index (χ0v) is 15.7. The number of nitrogens with two attached hydrogens (primary N) is 1. The van der Waals surface area contributed by atoms with E-state index in [9.17, 15) is 0 Å². The van der Waals surface area contributed by atoms with E-state index in [4.69, 9.17) is 20.1 Å². The Bertz CT molecular complexity index is 747. The van der Waals surface area contributed by atoms with Crippen molar-refractivity contribution >= 4 is 36.3 Å². The molecule has 0 bridgehead atoms. The first-order valence-corrected chi connectivity index (χ1v) is 10.1. The minimum atomic E-state index is -3.13.